The number of ether oxygens (including phenoxy) is 1. The Morgan fingerprint density at radius 3 is 2.67 bits per heavy atom. The quantitative estimate of drug-likeness (QED) is 0.887. The normalized spacial score (nSPS) is 35.4. The van der Waals surface area contributed by atoms with Gasteiger partial charge in [-0.2, -0.15) is 0 Å². The predicted octanol–water partition coefficient (Wildman–Crippen LogP) is 3.21. The van der Waals surface area contributed by atoms with Gasteiger partial charge in [0.15, 0.2) is 0 Å². The van der Waals surface area contributed by atoms with Gasteiger partial charge < -0.3 is 10.1 Å². The molecule has 0 aromatic heterocycles. The van der Waals surface area contributed by atoms with Crippen LogP contribution in [-0.4, -0.2) is 26.3 Å². The third-order valence-corrected chi connectivity index (χ3v) is 5.01. The van der Waals surface area contributed by atoms with Crippen molar-refractivity contribution in [2.45, 2.75) is 31.3 Å². The van der Waals surface area contributed by atoms with Gasteiger partial charge in [0.05, 0.1) is 6.10 Å². The lowest BCUT2D eigenvalue weighted by molar-refractivity contribution is -0.0850. The van der Waals surface area contributed by atoms with E-state index >= 15 is 0 Å². The Balaban J connectivity index is 1.82. The fourth-order valence-electron chi connectivity index (χ4n) is 3.64. The van der Waals surface area contributed by atoms with Crippen molar-refractivity contribution in [1.82, 2.24) is 5.32 Å². The molecule has 1 saturated carbocycles. The topological polar surface area (TPSA) is 21.3 Å². The molecule has 0 radical (unpaired) electrons. The zero-order valence-electron chi connectivity index (χ0n) is 10.8. The van der Waals surface area contributed by atoms with E-state index in [4.69, 9.17) is 16.3 Å². The smallest absolute Gasteiger partial charge is 0.0582 e. The van der Waals surface area contributed by atoms with Crippen molar-refractivity contribution in [3.63, 3.8) is 0 Å². The van der Waals surface area contributed by atoms with E-state index in [1.807, 2.05) is 19.2 Å². The molecule has 1 heterocycles. The highest BCUT2D eigenvalue weighted by Gasteiger charge is 2.50. The van der Waals surface area contributed by atoms with Gasteiger partial charge in [-0.05, 0) is 48.9 Å². The monoisotopic (exact) mass is 265 g/mol. The van der Waals surface area contributed by atoms with E-state index in [-0.39, 0.29) is 0 Å². The third-order valence-electron chi connectivity index (χ3n) is 4.76. The van der Waals surface area contributed by atoms with Gasteiger partial charge in [-0.1, -0.05) is 23.7 Å². The maximum absolute atomic E-state index is 5.98. The lowest BCUT2D eigenvalue weighted by Crippen LogP contribution is -2.53. The first kappa shape index (κ1) is 12.5. The van der Waals surface area contributed by atoms with Crippen LogP contribution in [0.4, 0.5) is 0 Å². The highest BCUT2D eigenvalue weighted by atomic mass is 35.5. The third kappa shape index (κ3) is 2.07. The maximum atomic E-state index is 5.98. The van der Waals surface area contributed by atoms with Gasteiger partial charge in [0, 0.05) is 24.6 Å². The van der Waals surface area contributed by atoms with Crippen molar-refractivity contribution in [3.8, 4) is 0 Å². The van der Waals surface area contributed by atoms with Gasteiger partial charge in [0.2, 0.25) is 0 Å². The van der Waals surface area contributed by atoms with E-state index in [2.05, 4.69) is 17.4 Å². The molecule has 2 nitrogen and oxygen atoms in total. The SMILES string of the molecule is COC1CC2(CCNCC2c2ccc(Cl)cc2)C1. The molecule has 1 aliphatic heterocycles. The summed E-state index contributed by atoms with van der Waals surface area (Å²) >= 11 is 5.98. The molecule has 1 N–H and O–H groups in total. The molecule has 1 aromatic rings. The minimum absolute atomic E-state index is 0.458. The summed E-state index contributed by atoms with van der Waals surface area (Å²) in [4.78, 5) is 0. The minimum Gasteiger partial charge on any atom is -0.381 e. The van der Waals surface area contributed by atoms with Crippen LogP contribution in [0.2, 0.25) is 5.02 Å². The van der Waals surface area contributed by atoms with E-state index in [0.717, 1.165) is 18.1 Å². The van der Waals surface area contributed by atoms with Crippen LogP contribution in [0.15, 0.2) is 24.3 Å². The van der Waals surface area contributed by atoms with Crippen molar-refractivity contribution in [2.75, 3.05) is 20.2 Å². The maximum Gasteiger partial charge on any atom is 0.0582 e. The lowest BCUT2D eigenvalue weighted by atomic mass is 9.55. The van der Waals surface area contributed by atoms with E-state index in [9.17, 15) is 0 Å². The summed E-state index contributed by atoms with van der Waals surface area (Å²) in [7, 11) is 1.83. The molecular weight excluding hydrogens is 246 g/mol. The second-order valence-corrected chi connectivity index (χ2v) is 6.12. The second kappa shape index (κ2) is 4.84. The first-order chi connectivity index (χ1) is 8.73. The number of hydrogen-bond acceptors (Lipinski definition) is 2. The number of benzene rings is 1. The number of halogens is 1. The Morgan fingerprint density at radius 2 is 2.00 bits per heavy atom. The number of piperidine rings is 1. The summed E-state index contributed by atoms with van der Waals surface area (Å²) in [5.74, 6) is 0.606. The average Bonchev–Trinajstić information content (AvgIpc) is 2.37. The molecule has 1 aromatic carbocycles. The molecule has 1 saturated heterocycles. The lowest BCUT2D eigenvalue weighted by Gasteiger charge is -2.54. The zero-order valence-corrected chi connectivity index (χ0v) is 11.5. The highest BCUT2D eigenvalue weighted by molar-refractivity contribution is 6.30. The molecule has 1 spiro atoms. The molecule has 1 atom stereocenters. The van der Waals surface area contributed by atoms with Crippen LogP contribution in [0, 0.1) is 5.41 Å². The number of nitrogens with one attached hydrogen (secondary N) is 1. The largest absolute Gasteiger partial charge is 0.381 e. The van der Waals surface area contributed by atoms with Gasteiger partial charge >= 0.3 is 0 Å². The number of methoxy groups -OCH3 is 1. The van der Waals surface area contributed by atoms with Gasteiger partial charge in [0.1, 0.15) is 0 Å². The summed E-state index contributed by atoms with van der Waals surface area (Å²) in [6.45, 7) is 2.22. The Kier molecular flexibility index (Phi) is 3.35. The van der Waals surface area contributed by atoms with Gasteiger partial charge in [-0.25, -0.2) is 0 Å². The van der Waals surface area contributed by atoms with Crippen LogP contribution in [0.3, 0.4) is 0 Å². The Bertz CT molecular complexity index is 411. The average molecular weight is 266 g/mol. The second-order valence-electron chi connectivity index (χ2n) is 5.69. The van der Waals surface area contributed by atoms with Crippen LogP contribution in [0.5, 0.6) is 0 Å². The summed E-state index contributed by atoms with van der Waals surface area (Å²) in [5, 5.41) is 4.35. The summed E-state index contributed by atoms with van der Waals surface area (Å²) in [5.41, 5.74) is 1.88. The molecule has 1 unspecified atom stereocenters. The van der Waals surface area contributed by atoms with Gasteiger partial charge in [0.25, 0.3) is 0 Å². The molecule has 18 heavy (non-hydrogen) atoms. The molecule has 98 valence electrons. The van der Waals surface area contributed by atoms with Crippen molar-refractivity contribution in [1.29, 1.82) is 0 Å². The van der Waals surface area contributed by atoms with Gasteiger partial charge in [-0.15, -0.1) is 0 Å². The molecule has 1 aliphatic carbocycles. The van der Waals surface area contributed by atoms with Crippen LogP contribution in [0.25, 0.3) is 0 Å². The fraction of sp³-hybridized carbons (Fsp3) is 0.600. The van der Waals surface area contributed by atoms with E-state index in [0.29, 0.717) is 17.4 Å². The zero-order chi connectivity index (χ0) is 12.6. The van der Waals surface area contributed by atoms with Crippen molar-refractivity contribution in [3.05, 3.63) is 34.9 Å². The Morgan fingerprint density at radius 1 is 1.28 bits per heavy atom. The summed E-state index contributed by atoms with van der Waals surface area (Å²) in [6.07, 6.45) is 4.15. The molecule has 3 heteroatoms. The Hall–Kier alpha value is -0.570. The molecular formula is C15H20ClNO. The molecule has 0 amide bonds. The van der Waals surface area contributed by atoms with Crippen LogP contribution in [-0.2, 0) is 4.74 Å². The first-order valence-corrected chi connectivity index (χ1v) is 7.10. The van der Waals surface area contributed by atoms with E-state index in [1.54, 1.807) is 0 Å². The summed E-state index contributed by atoms with van der Waals surface area (Å²) < 4.78 is 5.48. The number of rotatable bonds is 2. The first-order valence-electron chi connectivity index (χ1n) is 6.72. The van der Waals surface area contributed by atoms with Crippen molar-refractivity contribution >= 4 is 11.6 Å². The molecule has 2 aliphatic rings. The van der Waals surface area contributed by atoms with Crippen LogP contribution >= 0.6 is 11.6 Å². The van der Waals surface area contributed by atoms with E-state index in [1.165, 1.54) is 24.8 Å². The molecule has 0 bridgehead atoms. The van der Waals surface area contributed by atoms with Crippen molar-refractivity contribution in [2.24, 2.45) is 5.41 Å². The van der Waals surface area contributed by atoms with Crippen LogP contribution in [0.1, 0.15) is 30.7 Å². The summed E-state index contributed by atoms with van der Waals surface area (Å²) in [6, 6.07) is 8.38. The van der Waals surface area contributed by atoms with Gasteiger partial charge in [-0.3, -0.25) is 0 Å². The van der Waals surface area contributed by atoms with Crippen LogP contribution < -0.4 is 5.32 Å². The van der Waals surface area contributed by atoms with Crippen molar-refractivity contribution < 1.29 is 4.74 Å². The highest BCUT2D eigenvalue weighted by Crippen LogP contribution is 2.55. The molecule has 3 rings (SSSR count). The fourth-order valence-corrected chi connectivity index (χ4v) is 3.77. The van der Waals surface area contributed by atoms with E-state index < -0.39 is 0 Å². The standard InChI is InChI=1S/C15H20ClNO/c1-18-13-8-15(9-13)6-7-17-10-14(15)11-2-4-12(16)5-3-11/h2-5,13-14,17H,6-10H2,1H3. The Labute approximate surface area is 114 Å². The minimum atomic E-state index is 0.458. The number of hydrogen-bond donors (Lipinski definition) is 1. The molecule has 2 fully saturated rings. The predicted molar refractivity (Wildman–Crippen MR) is 74.1 cm³/mol.